The van der Waals surface area contributed by atoms with Gasteiger partial charge in [-0.25, -0.2) is 8.42 Å². The highest BCUT2D eigenvalue weighted by Gasteiger charge is 2.31. The van der Waals surface area contributed by atoms with Crippen LogP contribution in [0.4, 0.5) is 0 Å². The number of aryl methyl sites for hydroxylation is 1. The second-order valence-electron chi connectivity index (χ2n) is 5.81. The number of hydrogen-bond donors (Lipinski definition) is 0. The van der Waals surface area contributed by atoms with Crippen LogP contribution in [0.15, 0.2) is 45.9 Å². The fourth-order valence-corrected chi connectivity index (χ4v) is 4.49. The Kier molecular flexibility index (Phi) is 4.82. The van der Waals surface area contributed by atoms with Gasteiger partial charge >= 0.3 is 0 Å². The number of ether oxygens (including phenoxy) is 1. The van der Waals surface area contributed by atoms with Gasteiger partial charge in [0.15, 0.2) is 5.76 Å². The number of carbonyl (C=O) groups excluding carboxylic acids is 1. The van der Waals surface area contributed by atoms with Gasteiger partial charge in [-0.1, -0.05) is 0 Å². The number of piperazine rings is 1. The first-order valence-electron chi connectivity index (χ1n) is 7.91. The number of rotatable bonds is 4. The minimum absolute atomic E-state index is 0.220. The predicted molar refractivity (Wildman–Crippen MR) is 91.1 cm³/mol. The topological polar surface area (TPSA) is 80.1 Å². The second-order valence-corrected chi connectivity index (χ2v) is 7.71. The number of carbonyl (C=O) groups is 1. The van der Waals surface area contributed by atoms with Gasteiger partial charge in [-0.05, 0) is 42.8 Å². The molecule has 0 aliphatic carbocycles. The van der Waals surface area contributed by atoms with Gasteiger partial charge in [0.25, 0.3) is 5.91 Å². The lowest BCUT2D eigenvalue weighted by molar-refractivity contribution is 0.0666. The molecule has 0 unspecified atom stereocenters. The molecule has 3 rings (SSSR count). The number of nitrogens with zero attached hydrogens (tertiary/aromatic N) is 2. The van der Waals surface area contributed by atoms with Crippen molar-refractivity contribution >= 4 is 15.9 Å². The van der Waals surface area contributed by atoms with Crippen LogP contribution in [0.5, 0.6) is 5.75 Å². The van der Waals surface area contributed by atoms with Crippen LogP contribution in [-0.4, -0.2) is 56.8 Å². The summed E-state index contributed by atoms with van der Waals surface area (Å²) in [7, 11) is -2.06. The number of methoxy groups -OCH3 is 1. The van der Waals surface area contributed by atoms with Crippen LogP contribution in [-0.2, 0) is 10.0 Å². The van der Waals surface area contributed by atoms with E-state index in [1.165, 1.54) is 17.7 Å². The Morgan fingerprint density at radius 1 is 1.16 bits per heavy atom. The SMILES string of the molecule is COc1ccc(S(=O)(=O)N2CCN(C(=O)c3ccco3)CC2)c(C)c1. The minimum Gasteiger partial charge on any atom is -0.497 e. The van der Waals surface area contributed by atoms with E-state index in [2.05, 4.69) is 0 Å². The molecular formula is C17H20N2O5S. The molecule has 7 nitrogen and oxygen atoms in total. The molecule has 1 aliphatic rings. The molecule has 1 aromatic heterocycles. The summed E-state index contributed by atoms with van der Waals surface area (Å²) in [4.78, 5) is 14.1. The predicted octanol–water partition coefficient (Wildman–Crippen LogP) is 1.74. The summed E-state index contributed by atoms with van der Waals surface area (Å²) in [5.41, 5.74) is 0.633. The van der Waals surface area contributed by atoms with Crippen LogP contribution in [0.1, 0.15) is 16.1 Å². The summed E-state index contributed by atoms with van der Waals surface area (Å²) >= 11 is 0. The minimum atomic E-state index is -3.60. The average molecular weight is 364 g/mol. The standard InChI is InChI=1S/C17H20N2O5S/c1-13-12-14(23-2)5-6-16(13)25(21,22)19-9-7-18(8-10-19)17(20)15-4-3-11-24-15/h3-6,11-12H,7-10H2,1-2H3. The molecule has 2 heterocycles. The van der Waals surface area contributed by atoms with E-state index in [4.69, 9.17) is 9.15 Å². The maximum atomic E-state index is 12.9. The molecule has 0 atom stereocenters. The van der Waals surface area contributed by atoms with E-state index in [9.17, 15) is 13.2 Å². The van der Waals surface area contributed by atoms with E-state index in [-0.39, 0.29) is 29.7 Å². The molecule has 1 aromatic carbocycles. The van der Waals surface area contributed by atoms with Gasteiger partial charge in [0.2, 0.25) is 10.0 Å². The van der Waals surface area contributed by atoms with Gasteiger partial charge in [-0.3, -0.25) is 4.79 Å². The smallest absolute Gasteiger partial charge is 0.289 e. The molecule has 0 spiro atoms. The molecule has 1 saturated heterocycles. The Labute approximate surface area is 146 Å². The second kappa shape index (κ2) is 6.89. The largest absolute Gasteiger partial charge is 0.497 e. The normalized spacial score (nSPS) is 16.0. The van der Waals surface area contributed by atoms with Gasteiger partial charge in [-0.2, -0.15) is 4.31 Å². The number of sulfonamides is 1. The molecule has 2 aromatic rings. The van der Waals surface area contributed by atoms with Crippen LogP contribution in [0, 0.1) is 6.92 Å². The number of benzene rings is 1. The molecule has 134 valence electrons. The molecule has 0 N–H and O–H groups in total. The van der Waals surface area contributed by atoms with Crippen molar-refractivity contribution in [2.45, 2.75) is 11.8 Å². The third-order valence-corrected chi connectivity index (χ3v) is 6.32. The zero-order valence-corrected chi connectivity index (χ0v) is 15.0. The fourth-order valence-electron chi connectivity index (χ4n) is 2.87. The third kappa shape index (κ3) is 3.40. The van der Waals surface area contributed by atoms with Crippen LogP contribution in [0.25, 0.3) is 0 Å². The first kappa shape index (κ1) is 17.5. The van der Waals surface area contributed by atoms with Crippen LogP contribution in [0.3, 0.4) is 0 Å². The van der Waals surface area contributed by atoms with Gasteiger partial charge in [0.05, 0.1) is 18.3 Å². The zero-order valence-electron chi connectivity index (χ0n) is 14.1. The van der Waals surface area contributed by atoms with Crippen molar-refractivity contribution in [3.8, 4) is 5.75 Å². The quantitative estimate of drug-likeness (QED) is 0.826. The third-order valence-electron chi connectivity index (χ3n) is 4.26. The fraction of sp³-hybridized carbons (Fsp3) is 0.353. The van der Waals surface area contributed by atoms with E-state index >= 15 is 0 Å². The van der Waals surface area contributed by atoms with E-state index in [0.29, 0.717) is 24.4 Å². The van der Waals surface area contributed by atoms with Crippen LogP contribution in [0.2, 0.25) is 0 Å². The Bertz CT molecular complexity index is 853. The number of amides is 1. The highest BCUT2D eigenvalue weighted by Crippen LogP contribution is 2.25. The van der Waals surface area contributed by atoms with Gasteiger partial charge < -0.3 is 14.1 Å². The van der Waals surface area contributed by atoms with Gasteiger partial charge in [0, 0.05) is 26.2 Å². The molecule has 8 heteroatoms. The average Bonchev–Trinajstić information content (AvgIpc) is 3.15. The maximum absolute atomic E-state index is 12.9. The molecular weight excluding hydrogens is 344 g/mol. The molecule has 1 fully saturated rings. The van der Waals surface area contributed by atoms with E-state index in [0.717, 1.165) is 0 Å². The van der Waals surface area contributed by atoms with Crippen molar-refractivity contribution in [1.29, 1.82) is 0 Å². The van der Waals surface area contributed by atoms with Crippen molar-refractivity contribution in [3.05, 3.63) is 47.9 Å². The first-order valence-corrected chi connectivity index (χ1v) is 9.35. The number of furan rings is 1. The highest BCUT2D eigenvalue weighted by atomic mass is 32.2. The highest BCUT2D eigenvalue weighted by molar-refractivity contribution is 7.89. The lowest BCUT2D eigenvalue weighted by Crippen LogP contribution is -2.50. The Balaban J connectivity index is 1.72. The van der Waals surface area contributed by atoms with E-state index in [1.807, 2.05) is 0 Å². The summed E-state index contributed by atoms with van der Waals surface area (Å²) in [6, 6.07) is 8.15. The van der Waals surface area contributed by atoms with E-state index in [1.54, 1.807) is 42.2 Å². The first-order chi connectivity index (χ1) is 11.9. The molecule has 25 heavy (non-hydrogen) atoms. The molecule has 0 bridgehead atoms. The molecule has 0 radical (unpaired) electrons. The summed E-state index contributed by atoms with van der Waals surface area (Å²) in [5, 5.41) is 0. The van der Waals surface area contributed by atoms with Crippen LogP contribution < -0.4 is 4.74 Å². The Morgan fingerprint density at radius 3 is 2.44 bits per heavy atom. The van der Waals surface area contributed by atoms with Crippen molar-refractivity contribution in [2.24, 2.45) is 0 Å². The molecule has 1 amide bonds. The van der Waals surface area contributed by atoms with Crippen LogP contribution >= 0.6 is 0 Å². The molecule has 1 aliphatic heterocycles. The zero-order chi connectivity index (χ0) is 18.0. The van der Waals surface area contributed by atoms with Crippen molar-refractivity contribution in [1.82, 2.24) is 9.21 Å². The van der Waals surface area contributed by atoms with Crippen molar-refractivity contribution < 1.29 is 22.4 Å². The lowest BCUT2D eigenvalue weighted by Gasteiger charge is -2.33. The summed E-state index contributed by atoms with van der Waals surface area (Å²) in [6.45, 7) is 2.90. The van der Waals surface area contributed by atoms with Gasteiger partial charge in [0.1, 0.15) is 5.75 Å². The summed E-state index contributed by atoms with van der Waals surface area (Å²) in [6.07, 6.45) is 1.44. The Hall–Kier alpha value is -2.32. The van der Waals surface area contributed by atoms with Crippen molar-refractivity contribution in [3.63, 3.8) is 0 Å². The van der Waals surface area contributed by atoms with Crippen molar-refractivity contribution in [2.75, 3.05) is 33.3 Å². The van der Waals surface area contributed by atoms with E-state index < -0.39 is 10.0 Å². The maximum Gasteiger partial charge on any atom is 0.289 e. The summed E-state index contributed by atoms with van der Waals surface area (Å²) in [5.74, 6) is 0.662. The monoisotopic (exact) mass is 364 g/mol. The Morgan fingerprint density at radius 2 is 1.88 bits per heavy atom. The lowest BCUT2D eigenvalue weighted by atomic mass is 10.2. The van der Waals surface area contributed by atoms with Gasteiger partial charge in [-0.15, -0.1) is 0 Å². The number of hydrogen-bond acceptors (Lipinski definition) is 5. The molecule has 0 saturated carbocycles. The summed E-state index contributed by atoms with van der Waals surface area (Å²) < 4.78 is 37.4.